The zero-order valence-corrected chi connectivity index (χ0v) is 8.59. The van der Waals surface area contributed by atoms with Gasteiger partial charge < -0.3 is 11.1 Å². The van der Waals surface area contributed by atoms with Crippen molar-refractivity contribution in [1.29, 1.82) is 0 Å². The standard InChI is InChI=1S/C10H8FN5O/c11-8-6(3-5-13-9(8)12)10(17)15-7-2-1-4-14-16-7/h1-5H,(H2,12,13)(H,15,16,17). The number of nitrogen functional groups attached to an aromatic ring is 1. The van der Waals surface area contributed by atoms with Gasteiger partial charge in [0.25, 0.3) is 5.91 Å². The van der Waals surface area contributed by atoms with Crippen molar-refractivity contribution in [3.05, 3.63) is 42.0 Å². The molecule has 0 unspecified atom stereocenters. The molecule has 2 heterocycles. The van der Waals surface area contributed by atoms with Crippen LogP contribution in [0.4, 0.5) is 16.0 Å². The summed E-state index contributed by atoms with van der Waals surface area (Å²) in [4.78, 5) is 15.2. The number of rotatable bonds is 2. The van der Waals surface area contributed by atoms with Gasteiger partial charge in [-0.2, -0.15) is 5.10 Å². The second-order valence-electron chi connectivity index (χ2n) is 3.12. The van der Waals surface area contributed by atoms with E-state index in [1.54, 1.807) is 6.07 Å². The minimum atomic E-state index is -0.853. The van der Waals surface area contributed by atoms with Gasteiger partial charge >= 0.3 is 0 Å². The van der Waals surface area contributed by atoms with Gasteiger partial charge in [-0.25, -0.2) is 9.37 Å². The van der Waals surface area contributed by atoms with Gasteiger partial charge in [0.15, 0.2) is 17.5 Å². The molecule has 0 fully saturated rings. The quantitative estimate of drug-likeness (QED) is 0.801. The molecule has 0 aromatic carbocycles. The maximum absolute atomic E-state index is 13.5. The first kappa shape index (κ1) is 10.9. The molecule has 2 aromatic rings. The van der Waals surface area contributed by atoms with E-state index in [2.05, 4.69) is 20.5 Å². The van der Waals surface area contributed by atoms with Crippen molar-refractivity contribution in [1.82, 2.24) is 15.2 Å². The van der Waals surface area contributed by atoms with E-state index in [4.69, 9.17) is 5.73 Å². The lowest BCUT2D eigenvalue weighted by atomic mass is 10.2. The minimum Gasteiger partial charge on any atom is -0.381 e. The Morgan fingerprint density at radius 3 is 2.88 bits per heavy atom. The summed E-state index contributed by atoms with van der Waals surface area (Å²) in [5.41, 5.74) is 5.07. The molecular formula is C10H8FN5O. The van der Waals surface area contributed by atoms with Gasteiger partial charge in [0.05, 0.1) is 5.56 Å². The van der Waals surface area contributed by atoms with E-state index in [0.29, 0.717) is 0 Å². The molecule has 0 spiro atoms. The predicted octanol–water partition coefficient (Wildman–Crippen LogP) is 0.845. The Labute approximate surface area is 95.7 Å². The molecule has 2 rings (SSSR count). The zero-order chi connectivity index (χ0) is 12.3. The number of nitrogens with zero attached hydrogens (tertiary/aromatic N) is 3. The molecule has 7 heteroatoms. The van der Waals surface area contributed by atoms with Crippen LogP contribution >= 0.6 is 0 Å². The largest absolute Gasteiger partial charge is 0.381 e. The van der Waals surface area contributed by atoms with Crippen molar-refractivity contribution in [2.75, 3.05) is 11.1 Å². The second kappa shape index (κ2) is 4.52. The Bertz CT molecular complexity index is 546. The molecule has 86 valence electrons. The Morgan fingerprint density at radius 1 is 1.35 bits per heavy atom. The normalized spacial score (nSPS) is 9.94. The average molecular weight is 233 g/mol. The fraction of sp³-hybridized carbons (Fsp3) is 0. The van der Waals surface area contributed by atoms with Gasteiger partial charge in [-0.15, -0.1) is 5.10 Å². The fourth-order valence-electron chi connectivity index (χ4n) is 1.19. The first-order valence-electron chi connectivity index (χ1n) is 4.67. The summed E-state index contributed by atoms with van der Waals surface area (Å²) in [6.45, 7) is 0. The number of amides is 1. The monoisotopic (exact) mass is 233 g/mol. The van der Waals surface area contributed by atoms with E-state index in [-0.39, 0.29) is 17.2 Å². The lowest BCUT2D eigenvalue weighted by molar-refractivity contribution is 0.102. The molecule has 0 saturated carbocycles. The number of nitrogens with two attached hydrogens (primary N) is 1. The van der Waals surface area contributed by atoms with Crippen LogP contribution in [0, 0.1) is 5.82 Å². The highest BCUT2D eigenvalue weighted by Gasteiger charge is 2.14. The highest BCUT2D eigenvalue weighted by molar-refractivity contribution is 6.04. The topological polar surface area (TPSA) is 93.8 Å². The summed E-state index contributed by atoms with van der Waals surface area (Å²) in [6, 6.07) is 4.37. The molecule has 0 radical (unpaired) electrons. The number of halogens is 1. The lowest BCUT2D eigenvalue weighted by Crippen LogP contribution is -2.16. The molecule has 3 N–H and O–H groups in total. The van der Waals surface area contributed by atoms with Gasteiger partial charge in [-0.05, 0) is 18.2 Å². The Hall–Kier alpha value is -2.57. The third-order valence-corrected chi connectivity index (χ3v) is 1.97. The van der Waals surface area contributed by atoms with Crippen LogP contribution in [0.25, 0.3) is 0 Å². The second-order valence-corrected chi connectivity index (χ2v) is 3.12. The van der Waals surface area contributed by atoms with Crippen molar-refractivity contribution in [3.8, 4) is 0 Å². The van der Waals surface area contributed by atoms with E-state index in [1.807, 2.05) is 0 Å². The number of nitrogens with one attached hydrogen (secondary N) is 1. The van der Waals surface area contributed by atoms with E-state index < -0.39 is 11.7 Å². The van der Waals surface area contributed by atoms with Gasteiger partial charge in [-0.3, -0.25) is 4.79 Å². The lowest BCUT2D eigenvalue weighted by Gasteiger charge is -2.05. The number of carbonyl (C=O) groups excluding carboxylic acids is 1. The number of aromatic nitrogens is 3. The third-order valence-electron chi connectivity index (χ3n) is 1.97. The molecule has 17 heavy (non-hydrogen) atoms. The molecule has 1 amide bonds. The van der Waals surface area contributed by atoms with Crippen molar-refractivity contribution in [2.45, 2.75) is 0 Å². The van der Waals surface area contributed by atoms with Crippen LogP contribution in [-0.2, 0) is 0 Å². The van der Waals surface area contributed by atoms with Crippen LogP contribution in [0.2, 0.25) is 0 Å². The molecule has 0 aliphatic rings. The highest BCUT2D eigenvalue weighted by atomic mass is 19.1. The molecule has 0 aliphatic heterocycles. The first-order valence-corrected chi connectivity index (χ1v) is 4.67. The summed E-state index contributed by atoms with van der Waals surface area (Å²) < 4.78 is 13.5. The smallest absolute Gasteiger partial charge is 0.260 e. The molecule has 6 nitrogen and oxygen atoms in total. The highest BCUT2D eigenvalue weighted by Crippen LogP contribution is 2.13. The number of carbonyl (C=O) groups is 1. The Balaban J connectivity index is 2.24. The van der Waals surface area contributed by atoms with Crippen molar-refractivity contribution < 1.29 is 9.18 Å². The van der Waals surface area contributed by atoms with E-state index in [9.17, 15) is 9.18 Å². The summed E-state index contributed by atoms with van der Waals surface area (Å²) in [5, 5.41) is 9.61. The summed E-state index contributed by atoms with van der Waals surface area (Å²) >= 11 is 0. The molecule has 0 saturated heterocycles. The minimum absolute atomic E-state index is 0.192. The van der Waals surface area contributed by atoms with Crippen molar-refractivity contribution >= 4 is 17.5 Å². The van der Waals surface area contributed by atoms with Gasteiger partial charge in [0, 0.05) is 12.4 Å². The number of hydrogen-bond donors (Lipinski definition) is 2. The van der Waals surface area contributed by atoms with Crippen LogP contribution in [0.15, 0.2) is 30.6 Å². The Morgan fingerprint density at radius 2 is 2.18 bits per heavy atom. The van der Waals surface area contributed by atoms with Gasteiger partial charge in [-0.1, -0.05) is 0 Å². The average Bonchev–Trinajstić information content (AvgIpc) is 2.34. The van der Waals surface area contributed by atoms with E-state index in [1.165, 1.54) is 24.5 Å². The molecule has 0 aliphatic carbocycles. The van der Waals surface area contributed by atoms with Crippen LogP contribution in [0.1, 0.15) is 10.4 Å². The van der Waals surface area contributed by atoms with E-state index in [0.717, 1.165) is 0 Å². The fourth-order valence-corrected chi connectivity index (χ4v) is 1.19. The molecule has 0 atom stereocenters. The number of hydrogen-bond acceptors (Lipinski definition) is 5. The van der Waals surface area contributed by atoms with Crippen LogP contribution in [-0.4, -0.2) is 21.1 Å². The van der Waals surface area contributed by atoms with Gasteiger partial charge in [0.2, 0.25) is 0 Å². The SMILES string of the molecule is Nc1nccc(C(=O)Nc2cccnn2)c1F. The molecule has 0 bridgehead atoms. The zero-order valence-electron chi connectivity index (χ0n) is 8.59. The van der Waals surface area contributed by atoms with Crippen LogP contribution < -0.4 is 11.1 Å². The van der Waals surface area contributed by atoms with E-state index >= 15 is 0 Å². The number of pyridine rings is 1. The van der Waals surface area contributed by atoms with Crippen molar-refractivity contribution in [3.63, 3.8) is 0 Å². The molecular weight excluding hydrogens is 225 g/mol. The summed E-state index contributed by atoms with van der Waals surface area (Å²) in [6.07, 6.45) is 2.71. The van der Waals surface area contributed by atoms with Gasteiger partial charge in [0.1, 0.15) is 0 Å². The van der Waals surface area contributed by atoms with Crippen molar-refractivity contribution in [2.24, 2.45) is 0 Å². The maximum atomic E-state index is 13.5. The first-order chi connectivity index (χ1) is 8.18. The summed E-state index contributed by atoms with van der Waals surface area (Å²) in [5.74, 6) is -1.60. The predicted molar refractivity (Wildman–Crippen MR) is 58.6 cm³/mol. The summed E-state index contributed by atoms with van der Waals surface area (Å²) in [7, 11) is 0. The Kier molecular flexibility index (Phi) is 2.91. The third kappa shape index (κ3) is 2.33. The van der Waals surface area contributed by atoms with Crippen LogP contribution in [0.3, 0.4) is 0 Å². The van der Waals surface area contributed by atoms with Crippen LogP contribution in [0.5, 0.6) is 0 Å². The molecule has 2 aromatic heterocycles. The maximum Gasteiger partial charge on any atom is 0.260 e. The number of anilines is 2.